The van der Waals surface area contributed by atoms with Crippen LogP contribution in [0.5, 0.6) is 0 Å². The van der Waals surface area contributed by atoms with E-state index in [1.807, 2.05) is 26.2 Å². The summed E-state index contributed by atoms with van der Waals surface area (Å²) in [6, 6.07) is 0. The molecule has 128 valence electrons. The van der Waals surface area contributed by atoms with E-state index in [-0.39, 0.29) is 43.0 Å². The second-order valence-corrected chi connectivity index (χ2v) is 7.15. The maximum atomic E-state index is 11.9. The van der Waals surface area contributed by atoms with Crippen LogP contribution in [0.3, 0.4) is 0 Å². The number of carboxylic acids is 1. The van der Waals surface area contributed by atoms with Gasteiger partial charge in [0.15, 0.2) is 5.13 Å². The molecule has 0 saturated heterocycles. The van der Waals surface area contributed by atoms with Crippen molar-refractivity contribution < 1.29 is 19.5 Å². The molecule has 0 aromatic carbocycles. The molecular weight excluding hydrogens is 318 g/mol. The van der Waals surface area contributed by atoms with Gasteiger partial charge in [0.2, 0.25) is 11.8 Å². The predicted molar refractivity (Wildman–Crippen MR) is 88.6 cm³/mol. The first kappa shape index (κ1) is 19.1. The number of carbonyl (C=O) groups is 3. The van der Waals surface area contributed by atoms with Crippen LogP contribution in [0, 0.1) is 0 Å². The fourth-order valence-corrected chi connectivity index (χ4v) is 2.61. The minimum absolute atomic E-state index is 0.0411. The van der Waals surface area contributed by atoms with Crippen molar-refractivity contribution >= 4 is 34.3 Å². The van der Waals surface area contributed by atoms with Crippen molar-refractivity contribution in [2.45, 2.75) is 45.4 Å². The molecule has 1 rings (SSSR count). The fourth-order valence-electron chi connectivity index (χ4n) is 1.66. The fraction of sp³-hybridized carbons (Fsp3) is 0.600. The third-order valence-corrected chi connectivity index (χ3v) is 3.93. The maximum absolute atomic E-state index is 11.9. The Morgan fingerprint density at radius 2 is 1.91 bits per heavy atom. The molecule has 0 spiro atoms. The summed E-state index contributed by atoms with van der Waals surface area (Å²) in [6.07, 6.45) is -0.0245. The summed E-state index contributed by atoms with van der Waals surface area (Å²) in [7, 11) is 1.53. The second-order valence-electron chi connectivity index (χ2n) is 6.30. The lowest BCUT2D eigenvalue weighted by Crippen LogP contribution is -2.29. The number of amides is 2. The Labute approximate surface area is 139 Å². The number of aromatic nitrogens is 1. The summed E-state index contributed by atoms with van der Waals surface area (Å²) in [6.45, 7) is 6.26. The molecule has 0 saturated carbocycles. The Morgan fingerprint density at radius 1 is 1.26 bits per heavy atom. The van der Waals surface area contributed by atoms with E-state index in [4.69, 9.17) is 5.11 Å². The molecule has 1 aromatic heterocycles. The first-order valence-electron chi connectivity index (χ1n) is 7.31. The molecule has 2 amide bonds. The van der Waals surface area contributed by atoms with E-state index >= 15 is 0 Å². The molecule has 0 radical (unpaired) electrons. The average molecular weight is 341 g/mol. The van der Waals surface area contributed by atoms with Gasteiger partial charge in [-0.2, -0.15) is 0 Å². The summed E-state index contributed by atoms with van der Waals surface area (Å²) >= 11 is 1.35. The molecule has 7 nitrogen and oxygen atoms in total. The van der Waals surface area contributed by atoms with E-state index in [0.717, 1.165) is 5.69 Å². The highest BCUT2D eigenvalue weighted by Crippen LogP contribution is 2.26. The SMILES string of the molecule is CN(CCC(=O)O)C(=O)CCC(=O)Nc1nc(C(C)(C)C)cs1. The lowest BCUT2D eigenvalue weighted by molar-refractivity contribution is -0.138. The standard InChI is InChI=1S/C15H23N3O4S/c1-15(2,3)10-9-23-14(16-10)17-11(19)5-6-12(20)18(4)8-7-13(21)22/h9H,5-8H2,1-4H3,(H,21,22)(H,16,17,19). The van der Waals surface area contributed by atoms with Gasteiger partial charge in [0, 0.05) is 37.2 Å². The first-order valence-corrected chi connectivity index (χ1v) is 8.19. The zero-order valence-corrected chi connectivity index (χ0v) is 14.7. The van der Waals surface area contributed by atoms with Crippen molar-refractivity contribution in [2.75, 3.05) is 18.9 Å². The average Bonchev–Trinajstić information content (AvgIpc) is 2.90. The molecule has 0 aliphatic carbocycles. The highest BCUT2D eigenvalue weighted by molar-refractivity contribution is 7.13. The van der Waals surface area contributed by atoms with Crippen LogP contribution in [0.2, 0.25) is 0 Å². The van der Waals surface area contributed by atoms with Crippen molar-refractivity contribution in [3.63, 3.8) is 0 Å². The Balaban J connectivity index is 2.41. The molecule has 1 aromatic rings. The number of thiazole rings is 1. The zero-order chi connectivity index (χ0) is 17.6. The minimum atomic E-state index is -0.958. The number of hydrogen-bond donors (Lipinski definition) is 2. The van der Waals surface area contributed by atoms with Crippen LogP contribution in [-0.4, -0.2) is 46.4 Å². The van der Waals surface area contributed by atoms with Crippen molar-refractivity contribution in [1.82, 2.24) is 9.88 Å². The van der Waals surface area contributed by atoms with E-state index < -0.39 is 5.97 Å². The number of anilines is 1. The van der Waals surface area contributed by atoms with E-state index in [0.29, 0.717) is 5.13 Å². The highest BCUT2D eigenvalue weighted by Gasteiger charge is 2.18. The molecule has 1 heterocycles. The smallest absolute Gasteiger partial charge is 0.305 e. The number of aliphatic carboxylic acids is 1. The lowest BCUT2D eigenvalue weighted by atomic mass is 9.93. The van der Waals surface area contributed by atoms with Crippen LogP contribution in [-0.2, 0) is 19.8 Å². The Bertz CT molecular complexity index is 578. The summed E-state index contributed by atoms with van der Waals surface area (Å²) < 4.78 is 0. The van der Waals surface area contributed by atoms with Gasteiger partial charge in [0.05, 0.1) is 12.1 Å². The van der Waals surface area contributed by atoms with Crippen LogP contribution in [0.15, 0.2) is 5.38 Å². The van der Waals surface area contributed by atoms with Gasteiger partial charge in [0.25, 0.3) is 0 Å². The summed E-state index contributed by atoms with van der Waals surface area (Å²) in [5.74, 6) is -1.49. The molecular formula is C15H23N3O4S. The maximum Gasteiger partial charge on any atom is 0.305 e. The number of carboxylic acid groups (broad SMARTS) is 1. The van der Waals surface area contributed by atoms with Crippen molar-refractivity contribution in [3.8, 4) is 0 Å². The van der Waals surface area contributed by atoms with Gasteiger partial charge >= 0.3 is 5.97 Å². The number of hydrogen-bond acceptors (Lipinski definition) is 5. The van der Waals surface area contributed by atoms with Gasteiger partial charge in [0.1, 0.15) is 0 Å². The number of nitrogens with one attached hydrogen (secondary N) is 1. The summed E-state index contributed by atoms with van der Waals surface area (Å²) in [5, 5.41) is 13.7. The molecule has 8 heteroatoms. The Kier molecular flexibility index (Phi) is 6.68. The molecule has 0 aliphatic rings. The van der Waals surface area contributed by atoms with E-state index in [1.165, 1.54) is 23.3 Å². The molecule has 0 fully saturated rings. The Morgan fingerprint density at radius 3 is 2.43 bits per heavy atom. The van der Waals surface area contributed by atoms with Crippen molar-refractivity contribution in [2.24, 2.45) is 0 Å². The van der Waals surface area contributed by atoms with Crippen LogP contribution >= 0.6 is 11.3 Å². The van der Waals surface area contributed by atoms with E-state index in [1.54, 1.807) is 0 Å². The lowest BCUT2D eigenvalue weighted by Gasteiger charge is -2.15. The van der Waals surface area contributed by atoms with Gasteiger partial charge in [-0.15, -0.1) is 11.3 Å². The third kappa shape index (κ3) is 6.77. The number of nitrogens with zero attached hydrogens (tertiary/aromatic N) is 2. The topological polar surface area (TPSA) is 99.6 Å². The summed E-state index contributed by atoms with van der Waals surface area (Å²) in [5.41, 5.74) is 0.824. The molecule has 0 bridgehead atoms. The van der Waals surface area contributed by atoms with E-state index in [9.17, 15) is 14.4 Å². The Hall–Kier alpha value is -1.96. The normalized spacial score (nSPS) is 11.1. The van der Waals surface area contributed by atoms with Crippen LogP contribution in [0.25, 0.3) is 0 Å². The van der Waals surface area contributed by atoms with Crippen molar-refractivity contribution in [1.29, 1.82) is 0 Å². The number of rotatable bonds is 7. The quantitative estimate of drug-likeness (QED) is 0.791. The van der Waals surface area contributed by atoms with Crippen molar-refractivity contribution in [3.05, 3.63) is 11.1 Å². The zero-order valence-electron chi connectivity index (χ0n) is 13.9. The van der Waals surface area contributed by atoms with E-state index in [2.05, 4.69) is 10.3 Å². The molecule has 2 N–H and O–H groups in total. The van der Waals surface area contributed by atoms with Gasteiger partial charge in [-0.1, -0.05) is 20.8 Å². The first-order chi connectivity index (χ1) is 10.6. The van der Waals surface area contributed by atoms with Gasteiger partial charge in [-0.05, 0) is 0 Å². The highest BCUT2D eigenvalue weighted by atomic mass is 32.1. The predicted octanol–water partition coefficient (Wildman–Crippen LogP) is 2.09. The second kappa shape index (κ2) is 8.05. The third-order valence-electron chi connectivity index (χ3n) is 3.17. The molecule has 23 heavy (non-hydrogen) atoms. The monoisotopic (exact) mass is 341 g/mol. The van der Waals surface area contributed by atoms with Gasteiger partial charge < -0.3 is 15.3 Å². The molecule has 0 aliphatic heterocycles. The minimum Gasteiger partial charge on any atom is -0.481 e. The van der Waals surface area contributed by atoms with Crippen LogP contribution < -0.4 is 5.32 Å². The largest absolute Gasteiger partial charge is 0.481 e. The molecule has 0 atom stereocenters. The summed E-state index contributed by atoms with van der Waals surface area (Å²) in [4.78, 5) is 39.8. The molecule has 0 unspecified atom stereocenters. The van der Waals surface area contributed by atoms with Crippen LogP contribution in [0.1, 0.15) is 45.7 Å². The van der Waals surface area contributed by atoms with Gasteiger partial charge in [-0.25, -0.2) is 4.98 Å². The number of carbonyl (C=O) groups excluding carboxylic acids is 2. The van der Waals surface area contributed by atoms with Crippen LogP contribution in [0.4, 0.5) is 5.13 Å². The van der Waals surface area contributed by atoms with Gasteiger partial charge in [-0.3, -0.25) is 14.4 Å².